The lowest BCUT2D eigenvalue weighted by molar-refractivity contribution is 0.879. The van der Waals surface area contributed by atoms with E-state index in [-0.39, 0.29) is 0 Å². The van der Waals surface area contributed by atoms with E-state index < -0.39 is 0 Å². The van der Waals surface area contributed by atoms with Crippen molar-refractivity contribution < 1.29 is 0 Å². The first-order valence-electron chi connectivity index (χ1n) is 3.05. The zero-order valence-electron chi connectivity index (χ0n) is 6.07. The molecule has 52 valence electrons. The molecule has 0 saturated carbocycles. The molecule has 0 unspecified atom stereocenters. The van der Waals surface area contributed by atoms with Crippen LogP contribution < -0.4 is 11.1 Å². The Morgan fingerprint density at radius 2 is 2.33 bits per heavy atom. The summed E-state index contributed by atoms with van der Waals surface area (Å²) >= 11 is 0. The highest BCUT2D eigenvalue weighted by atomic mass is 14.9. The van der Waals surface area contributed by atoms with E-state index in [1.165, 1.54) is 0 Å². The summed E-state index contributed by atoms with van der Waals surface area (Å²) in [7, 11) is 1.86. The number of rotatable bonds is 3. The lowest BCUT2D eigenvalue weighted by Gasteiger charge is -2.04. The highest BCUT2D eigenvalue weighted by Crippen LogP contribution is 1.98. The summed E-state index contributed by atoms with van der Waals surface area (Å²) < 4.78 is 0. The monoisotopic (exact) mass is 126 g/mol. The number of nitrogens with two attached hydrogens (primary N) is 1. The first-order valence-corrected chi connectivity index (χ1v) is 3.05. The van der Waals surface area contributed by atoms with Gasteiger partial charge in [0.05, 0.1) is 5.70 Å². The minimum absolute atomic E-state index is 0.736. The molecule has 0 fully saturated rings. The fourth-order valence-corrected chi connectivity index (χ4v) is 0.648. The van der Waals surface area contributed by atoms with Crippen LogP contribution in [0.1, 0.15) is 13.3 Å². The topological polar surface area (TPSA) is 38.0 Å². The molecule has 9 heavy (non-hydrogen) atoms. The molecule has 0 amide bonds. The van der Waals surface area contributed by atoms with E-state index in [9.17, 15) is 0 Å². The van der Waals surface area contributed by atoms with Crippen LogP contribution in [0.25, 0.3) is 0 Å². The fourth-order valence-electron chi connectivity index (χ4n) is 0.648. The van der Waals surface area contributed by atoms with Crippen molar-refractivity contribution in [2.45, 2.75) is 13.3 Å². The van der Waals surface area contributed by atoms with E-state index in [1.54, 1.807) is 6.08 Å². The van der Waals surface area contributed by atoms with Crippen LogP contribution in [0.5, 0.6) is 0 Å². The average Bonchev–Trinajstić information content (AvgIpc) is 1.90. The Balaban J connectivity index is 4.17. The third-order valence-electron chi connectivity index (χ3n) is 1.22. The van der Waals surface area contributed by atoms with Crippen molar-refractivity contribution in [2.24, 2.45) is 5.73 Å². The predicted molar refractivity (Wildman–Crippen MR) is 40.8 cm³/mol. The zero-order chi connectivity index (χ0) is 7.28. The van der Waals surface area contributed by atoms with Crippen LogP contribution in [0.4, 0.5) is 0 Å². The first kappa shape index (κ1) is 8.08. The molecule has 0 aromatic rings. The Bertz CT molecular complexity index is 119. The smallest absolute Gasteiger partial charge is 0.0500 e. The highest BCUT2D eigenvalue weighted by Gasteiger charge is 1.91. The van der Waals surface area contributed by atoms with E-state index in [4.69, 9.17) is 5.73 Å². The average molecular weight is 126 g/mol. The zero-order valence-corrected chi connectivity index (χ0v) is 6.07. The molecule has 0 aliphatic carbocycles. The molecule has 0 aromatic carbocycles. The van der Waals surface area contributed by atoms with E-state index in [0.717, 1.165) is 17.8 Å². The van der Waals surface area contributed by atoms with Crippen molar-refractivity contribution in [1.29, 1.82) is 0 Å². The van der Waals surface area contributed by atoms with E-state index in [1.807, 2.05) is 14.0 Å². The molecule has 0 aliphatic heterocycles. The van der Waals surface area contributed by atoms with Crippen molar-refractivity contribution >= 4 is 0 Å². The van der Waals surface area contributed by atoms with E-state index in [0.29, 0.717) is 0 Å². The molecule has 0 bridgehead atoms. The van der Waals surface area contributed by atoms with Crippen LogP contribution in [-0.2, 0) is 0 Å². The highest BCUT2D eigenvalue weighted by molar-refractivity contribution is 5.18. The minimum atomic E-state index is 0.736. The maximum atomic E-state index is 5.54. The van der Waals surface area contributed by atoms with Crippen molar-refractivity contribution in [3.05, 3.63) is 24.0 Å². The van der Waals surface area contributed by atoms with Gasteiger partial charge in [-0.1, -0.05) is 13.5 Å². The van der Waals surface area contributed by atoms with Crippen LogP contribution in [0.15, 0.2) is 24.0 Å². The van der Waals surface area contributed by atoms with Crippen molar-refractivity contribution in [3.63, 3.8) is 0 Å². The molecule has 0 heterocycles. The van der Waals surface area contributed by atoms with E-state index in [2.05, 4.69) is 11.9 Å². The third-order valence-corrected chi connectivity index (χ3v) is 1.22. The van der Waals surface area contributed by atoms with E-state index >= 15 is 0 Å². The molecule has 0 saturated heterocycles. The van der Waals surface area contributed by atoms with Crippen molar-refractivity contribution in [3.8, 4) is 0 Å². The van der Waals surface area contributed by atoms with Crippen LogP contribution >= 0.6 is 0 Å². The van der Waals surface area contributed by atoms with Gasteiger partial charge in [-0.05, 0) is 12.5 Å². The van der Waals surface area contributed by atoms with Crippen LogP contribution in [0, 0.1) is 0 Å². The lowest BCUT2D eigenvalue weighted by Crippen LogP contribution is -2.11. The molecule has 0 aliphatic rings. The van der Waals surface area contributed by atoms with Gasteiger partial charge in [-0.2, -0.15) is 0 Å². The molecule has 0 spiro atoms. The molecule has 2 nitrogen and oxygen atoms in total. The quantitative estimate of drug-likeness (QED) is 0.553. The third kappa shape index (κ3) is 2.22. The molecular formula is C7H14N2. The summed E-state index contributed by atoms with van der Waals surface area (Å²) in [5.41, 5.74) is 7.32. The van der Waals surface area contributed by atoms with Gasteiger partial charge in [-0.15, -0.1) is 0 Å². The second kappa shape index (κ2) is 4.01. The van der Waals surface area contributed by atoms with Crippen molar-refractivity contribution in [1.82, 2.24) is 5.32 Å². The van der Waals surface area contributed by atoms with Gasteiger partial charge in [0.15, 0.2) is 0 Å². The molecular weight excluding hydrogens is 112 g/mol. The summed E-state index contributed by atoms with van der Waals surface area (Å²) in [5.74, 6) is 0. The number of nitrogens with one attached hydrogen (secondary N) is 1. The van der Waals surface area contributed by atoms with Crippen LogP contribution in [-0.4, -0.2) is 7.05 Å². The van der Waals surface area contributed by atoms with Crippen molar-refractivity contribution in [2.75, 3.05) is 7.05 Å². The Labute approximate surface area is 56.4 Å². The molecule has 0 aromatic heterocycles. The molecule has 0 atom stereocenters. The van der Waals surface area contributed by atoms with Crippen LogP contribution in [0.2, 0.25) is 0 Å². The van der Waals surface area contributed by atoms with Crippen LogP contribution in [0.3, 0.4) is 0 Å². The standard InChI is InChI=1S/C7H14N2/c1-4-6(8)7(5-2)9-3/h4,9H,1,5,8H2,2-3H3/b7-6-. The Morgan fingerprint density at radius 3 is 2.44 bits per heavy atom. The van der Waals surface area contributed by atoms with Gasteiger partial charge in [-0.25, -0.2) is 0 Å². The summed E-state index contributed by atoms with van der Waals surface area (Å²) in [4.78, 5) is 0. The second-order valence-electron chi connectivity index (χ2n) is 1.74. The van der Waals surface area contributed by atoms with Gasteiger partial charge in [0, 0.05) is 12.7 Å². The van der Waals surface area contributed by atoms with Gasteiger partial charge < -0.3 is 11.1 Å². The largest absolute Gasteiger partial charge is 0.397 e. The van der Waals surface area contributed by atoms with Gasteiger partial charge >= 0.3 is 0 Å². The van der Waals surface area contributed by atoms with Gasteiger partial charge in [0.1, 0.15) is 0 Å². The summed E-state index contributed by atoms with van der Waals surface area (Å²) in [6.45, 7) is 5.60. The summed E-state index contributed by atoms with van der Waals surface area (Å²) in [6.07, 6.45) is 2.57. The Kier molecular flexibility index (Phi) is 3.60. The molecule has 3 N–H and O–H groups in total. The number of hydrogen-bond acceptors (Lipinski definition) is 2. The minimum Gasteiger partial charge on any atom is -0.397 e. The second-order valence-corrected chi connectivity index (χ2v) is 1.74. The maximum absolute atomic E-state index is 5.54. The molecule has 0 radical (unpaired) electrons. The summed E-state index contributed by atoms with van der Waals surface area (Å²) in [6, 6.07) is 0. The number of allylic oxidation sites excluding steroid dienone is 2. The van der Waals surface area contributed by atoms with Gasteiger partial charge in [0.2, 0.25) is 0 Å². The maximum Gasteiger partial charge on any atom is 0.0500 e. The SMILES string of the molecule is C=C/C(N)=C(\CC)NC. The Morgan fingerprint density at radius 1 is 1.78 bits per heavy atom. The Hall–Kier alpha value is -0.920. The fraction of sp³-hybridized carbons (Fsp3) is 0.429. The first-order chi connectivity index (χ1) is 4.26. The lowest BCUT2D eigenvalue weighted by atomic mass is 10.3. The normalized spacial score (nSPS) is 12.2. The number of hydrogen-bond donors (Lipinski definition) is 2. The molecule has 0 rings (SSSR count). The van der Waals surface area contributed by atoms with Gasteiger partial charge in [0.25, 0.3) is 0 Å². The van der Waals surface area contributed by atoms with Gasteiger partial charge in [-0.3, -0.25) is 0 Å². The predicted octanol–water partition coefficient (Wildman–Crippen LogP) is 0.972. The summed E-state index contributed by atoms with van der Waals surface area (Å²) in [5, 5.41) is 2.99. The molecule has 2 heteroatoms.